The number of hydrogen-bond donors (Lipinski definition) is 3. The van der Waals surface area contributed by atoms with E-state index in [9.17, 15) is 14.7 Å². The highest BCUT2D eigenvalue weighted by molar-refractivity contribution is 5.93. The maximum absolute atomic E-state index is 11.8. The van der Waals surface area contributed by atoms with Crippen molar-refractivity contribution in [1.29, 1.82) is 0 Å². The lowest BCUT2D eigenvalue weighted by Crippen LogP contribution is -2.51. The quantitative estimate of drug-likeness (QED) is 0.704. The van der Waals surface area contributed by atoms with Gasteiger partial charge in [0, 0.05) is 13.2 Å². The van der Waals surface area contributed by atoms with Crippen LogP contribution in [0.15, 0.2) is 24.5 Å². The second-order valence-corrected chi connectivity index (χ2v) is 3.78. The van der Waals surface area contributed by atoms with E-state index in [2.05, 4.69) is 10.3 Å². The fraction of sp³-hybridized carbons (Fsp3) is 0.364. The zero-order chi connectivity index (χ0) is 13.7. The fourth-order valence-electron chi connectivity index (χ4n) is 1.29. The summed E-state index contributed by atoms with van der Waals surface area (Å²) in [4.78, 5) is 27.7. The number of pyridine rings is 1. The molecule has 2 atom stereocenters. The Kier molecular flexibility index (Phi) is 4.61. The van der Waals surface area contributed by atoms with Crippen molar-refractivity contribution in [2.75, 3.05) is 11.9 Å². The SMILES string of the molecule is CC(O)C(NC(=O)N(C)c1cccnc1)C(=O)O. The van der Waals surface area contributed by atoms with Gasteiger partial charge >= 0.3 is 12.0 Å². The van der Waals surface area contributed by atoms with Crippen LogP contribution in [0.3, 0.4) is 0 Å². The Hall–Kier alpha value is -2.15. The minimum atomic E-state index is -1.35. The molecule has 1 rings (SSSR count). The Morgan fingerprint density at radius 2 is 2.17 bits per heavy atom. The molecule has 18 heavy (non-hydrogen) atoms. The van der Waals surface area contributed by atoms with E-state index in [0.717, 1.165) is 0 Å². The zero-order valence-electron chi connectivity index (χ0n) is 10.1. The number of carbonyl (C=O) groups excluding carboxylic acids is 1. The summed E-state index contributed by atoms with van der Waals surface area (Å²) in [6, 6.07) is 1.33. The summed E-state index contributed by atoms with van der Waals surface area (Å²) in [5, 5.41) is 20.3. The van der Waals surface area contributed by atoms with E-state index in [-0.39, 0.29) is 0 Å². The van der Waals surface area contributed by atoms with Crippen LogP contribution >= 0.6 is 0 Å². The number of rotatable bonds is 4. The molecule has 0 radical (unpaired) electrons. The van der Waals surface area contributed by atoms with E-state index >= 15 is 0 Å². The van der Waals surface area contributed by atoms with Gasteiger partial charge in [-0.15, -0.1) is 0 Å². The first-order valence-electron chi connectivity index (χ1n) is 5.28. The molecule has 2 unspecified atom stereocenters. The predicted molar refractivity (Wildman–Crippen MR) is 64.3 cm³/mol. The van der Waals surface area contributed by atoms with E-state index in [1.54, 1.807) is 18.3 Å². The summed E-state index contributed by atoms with van der Waals surface area (Å²) in [7, 11) is 1.48. The van der Waals surface area contributed by atoms with Gasteiger partial charge in [-0.2, -0.15) is 0 Å². The smallest absolute Gasteiger partial charge is 0.328 e. The van der Waals surface area contributed by atoms with Gasteiger partial charge in [0.15, 0.2) is 6.04 Å². The molecule has 7 heteroatoms. The van der Waals surface area contributed by atoms with Gasteiger partial charge in [0.05, 0.1) is 18.0 Å². The number of carboxylic acids is 1. The topological polar surface area (TPSA) is 103 Å². The van der Waals surface area contributed by atoms with E-state index in [1.807, 2.05) is 0 Å². The summed E-state index contributed by atoms with van der Waals surface area (Å²) < 4.78 is 0. The van der Waals surface area contributed by atoms with Crippen LogP contribution < -0.4 is 10.2 Å². The monoisotopic (exact) mass is 253 g/mol. The number of carbonyl (C=O) groups is 2. The first-order chi connectivity index (χ1) is 8.43. The van der Waals surface area contributed by atoms with E-state index in [1.165, 1.54) is 25.1 Å². The van der Waals surface area contributed by atoms with Crippen LogP contribution in [0.4, 0.5) is 10.5 Å². The number of aliphatic carboxylic acids is 1. The van der Waals surface area contributed by atoms with Crippen LogP contribution in [0.5, 0.6) is 0 Å². The molecule has 0 fully saturated rings. The highest BCUT2D eigenvalue weighted by Crippen LogP contribution is 2.09. The number of nitrogens with zero attached hydrogens (tertiary/aromatic N) is 2. The van der Waals surface area contributed by atoms with E-state index in [0.29, 0.717) is 5.69 Å². The van der Waals surface area contributed by atoms with Gasteiger partial charge in [-0.25, -0.2) is 9.59 Å². The largest absolute Gasteiger partial charge is 0.480 e. The first-order valence-corrected chi connectivity index (χ1v) is 5.28. The van der Waals surface area contributed by atoms with Crippen molar-refractivity contribution in [2.24, 2.45) is 0 Å². The lowest BCUT2D eigenvalue weighted by molar-refractivity contribution is -0.141. The van der Waals surface area contributed by atoms with Gasteiger partial charge < -0.3 is 15.5 Å². The van der Waals surface area contributed by atoms with Gasteiger partial charge in [-0.05, 0) is 19.1 Å². The van der Waals surface area contributed by atoms with Crippen LogP contribution in [-0.2, 0) is 4.79 Å². The molecular formula is C11H15N3O4. The number of carboxylic acid groups (broad SMARTS) is 1. The normalized spacial score (nSPS) is 13.5. The molecule has 3 N–H and O–H groups in total. The van der Waals surface area contributed by atoms with Crippen LogP contribution in [0.25, 0.3) is 0 Å². The average Bonchev–Trinajstić information content (AvgIpc) is 2.35. The van der Waals surface area contributed by atoms with Crippen molar-refractivity contribution >= 4 is 17.7 Å². The number of hydrogen-bond acceptors (Lipinski definition) is 4. The van der Waals surface area contributed by atoms with Gasteiger partial charge in [0.1, 0.15) is 0 Å². The Morgan fingerprint density at radius 1 is 1.50 bits per heavy atom. The van der Waals surface area contributed by atoms with Crippen LogP contribution in [0, 0.1) is 0 Å². The molecular weight excluding hydrogens is 238 g/mol. The number of nitrogens with one attached hydrogen (secondary N) is 1. The Labute approximate surface area is 104 Å². The van der Waals surface area contributed by atoms with Crippen molar-refractivity contribution in [2.45, 2.75) is 19.1 Å². The molecule has 0 aromatic carbocycles. The molecule has 0 saturated heterocycles. The highest BCUT2D eigenvalue weighted by Gasteiger charge is 2.26. The average molecular weight is 253 g/mol. The maximum atomic E-state index is 11.8. The first kappa shape index (κ1) is 13.9. The highest BCUT2D eigenvalue weighted by atomic mass is 16.4. The molecule has 0 spiro atoms. The zero-order valence-corrected chi connectivity index (χ0v) is 10.1. The molecule has 1 aromatic heterocycles. The van der Waals surface area contributed by atoms with Gasteiger partial charge in [0.25, 0.3) is 0 Å². The van der Waals surface area contributed by atoms with Crippen LogP contribution in [0.1, 0.15) is 6.92 Å². The van der Waals surface area contributed by atoms with Crippen molar-refractivity contribution < 1.29 is 19.8 Å². The Morgan fingerprint density at radius 3 is 2.61 bits per heavy atom. The molecule has 0 saturated carbocycles. The van der Waals surface area contributed by atoms with Crippen molar-refractivity contribution in [3.8, 4) is 0 Å². The van der Waals surface area contributed by atoms with Crippen LogP contribution in [0.2, 0.25) is 0 Å². The molecule has 1 aromatic rings. The third-order valence-corrected chi connectivity index (χ3v) is 2.37. The number of urea groups is 1. The lowest BCUT2D eigenvalue weighted by atomic mass is 10.2. The summed E-state index contributed by atoms with van der Waals surface area (Å²) >= 11 is 0. The van der Waals surface area contributed by atoms with Crippen molar-refractivity contribution in [3.05, 3.63) is 24.5 Å². The lowest BCUT2D eigenvalue weighted by Gasteiger charge is -2.22. The van der Waals surface area contributed by atoms with Crippen molar-refractivity contribution in [3.63, 3.8) is 0 Å². The van der Waals surface area contributed by atoms with Gasteiger partial charge in [-0.3, -0.25) is 9.88 Å². The standard InChI is InChI=1S/C11H15N3O4/c1-7(15)9(10(16)17)13-11(18)14(2)8-4-3-5-12-6-8/h3-7,9,15H,1-2H3,(H,13,18)(H,16,17). The number of amides is 2. The third kappa shape index (κ3) is 3.42. The number of aliphatic hydroxyl groups is 1. The van der Waals surface area contributed by atoms with Gasteiger partial charge in [-0.1, -0.05) is 0 Å². The Bertz CT molecular complexity index is 422. The molecule has 0 aliphatic rings. The summed E-state index contributed by atoms with van der Waals surface area (Å²) in [6.45, 7) is 1.29. The van der Waals surface area contributed by atoms with Crippen LogP contribution in [-0.4, -0.2) is 46.4 Å². The molecule has 98 valence electrons. The fourth-order valence-corrected chi connectivity index (χ4v) is 1.29. The molecule has 1 heterocycles. The Balaban J connectivity index is 2.73. The number of anilines is 1. The van der Waals surface area contributed by atoms with E-state index in [4.69, 9.17) is 5.11 Å². The summed E-state index contributed by atoms with van der Waals surface area (Å²) in [5.74, 6) is -1.29. The molecule has 0 aliphatic carbocycles. The predicted octanol–water partition coefficient (Wildman–Crippen LogP) is 0.0614. The second kappa shape index (κ2) is 5.97. The summed E-state index contributed by atoms with van der Waals surface area (Å²) in [6.07, 6.45) is 1.84. The van der Waals surface area contributed by atoms with Gasteiger partial charge in [0.2, 0.25) is 0 Å². The second-order valence-electron chi connectivity index (χ2n) is 3.78. The minimum absolute atomic E-state index is 0.518. The number of aliphatic hydroxyl groups excluding tert-OH is 1. The molecule has 0 bridgehead atoms. The van der Waals surface area contributed by atoms with E-state index < -0.39 is 24.1 Å². The molecule has 7 nitrogen and oxygen atoms in total. The third-order valence-electron chi connectivity index (χ3n) is 2.37. The minimum Gasteiger partial charge on any atom is -0.480 e. The number of aromatic nitrogens is 1. The maximum Gasteiger partial charge on any atom is 0.328 e. The summed E-state index contributed by atoms with van der Waals surface area (Å²) in [5.41, 5.74) is 0.518. The molecule has 0 aliphatic heterocycles. The molecule has 2 amide bonds. The van der Waals surface area contributed by atoms with Crippen molar-refractivity contribution in [1.82, 2.24) is 10.3 Å².